The van der Waals surface area contributed by atoms with Crippen LogP contribution in [0.3, 0.4) is 0 Å². The summed E-state index contributed by atoms with van der Waals surface area (Å²) in [6.45, 7) is 0.601. The first-order valence-corrected chi connectivity index (χ1v) is 12.9. The zero-order chi connectivity index (χ0) is 26.1. The Hall–Kier alpha value is -4.58. The van der Waals surface area contributed by atoms with Gasteiger partial charge in [0.2, 0.25) is 0 Å². The molecule has 6 rings (SSSR count). The predicted octanol–water partition coefficient (Wildman–Crippen LogP) is 6.21. The van der Waals surface area contributed by atoms with Gasteiger partial charge in [0.25, 0.3) is 5.91 Å². The summed E-state index contributed by atoms with van der Waals surface area (Å²) in [7, 11) is 1.37. The number of para-hydroxylation sites is 2. The molecule has 2 N–H and O–H groups in total. The van der Waals surface area contributed by atoms with Crippen molar-refractivity contribution in [2.75, 3.05) is 13.7 Å². The Balaban J connectivity index is 1.32. The van der Waals surface area contributed by atoms with E-state index in [2.05, 4.69) is 40.4 Å². The molecule has 6 nitrogen and oxygen atoms in total. The highest BCUT2D eigenvalue weighted by Gasteiger charge is 2.32. The van der Waals surface area contributed by atoms with Gasteiger partial charge in [-0.2, -0.15) is 0 Å². The lowest BCUT2D eigenvalue weighted by Gasteiger charge is -2.30. The zero-order valence-corrected chi connectivity index (χ0v) is 21.2. The maximum atomic E-state index is 14.0. The van der Waals surface area contributed by atoms with Crippen molar-refractivity contribution in [3.8, 4) is 0 Å². The fraction of sp³-hybridized carbons (Fsp3) is 0.188. The van der Waals surface area contributed by atoms with Gasteiger partial charge in [0, 0.05) is 40.6 Å². The average Bonchev–Trinajstić information content (AvgIpc) is 3.68. The van der Waals surface area contributed by atoms with Crippen LogP contribution < -0.4 is 0 Å². The minimum atomic E-state index is -0.379. The number of rotatable bonds is 7. The number of aromatic amines is 2. The maximum Gasteiger partial charge on any atom is 0.330 e. The molecule has 1 aliphatic rings. The number of hydrogen-bond acceptors (Lipinski definition) is 3. The Bertz CT molecular complexity index is 1640. The molecular formula is C32H29N3O3. The van der Waals surface area contributed by atoms with Gasteiger partial charge in [-0.05, 0) is 65.8 Å². The summed E-state index contributed by atoms with van der Waals surface area (Å²) in [6.07, 6.45) is 7.74. The number of nitrogens with one attached hydrogen (secondary N) is 2. The van der Waals surface area contributed by atoms with Crippen LogP contribution in [0.4, 0.5) is 0 Å². The van der Waals surface area contributed by atoms with Gasteiger partial charge in [0.05, 0.1) is 13.2 Å². The number of methoxy groups -OCH3 is 1. The van der Waals surface area contributed by atoms with Gasteiger partial charge >= 0.3 is 5.97 Å². The predicted molar refractivity (Wildman–Crippen MR) is 150 cm³/mol. The van der Waals surface area contributed by atoms with E-state index in [-0.39, 0.29) is 17.9 Å². The molecule has 3 aromatic carbocycles. The Morgan fingerprint density at radius 3 is 2.68 bits per heavy atom. The second-order valence-corrected chi connectivity index (χ2v) is 9.75. The van der Waals surface area contributed by atoms with Gasteiger partial charge in [-0.1, -0.05) is 54.6 Å². The minimum absolute atomic E-state index is 0.00792. The van der Waals surface area contributed by atoms with Crippen LogP contribution in [0.1, 0.15) is 45.2 Å². The van der Waals surface area contributed by atoms with Gasteiger partial charge < -0.3 is 19.6 Å². The van der Waals surface area contributed by atoms with Crippen LogP contribution in [0.15, 0.2) is 85.1 Å². The van der Waals surface area contributed by atoms with E-state index in [0.29, 0.717) is 12.2 Å². The third kappa shape index (κ3) is 4.50. The molecule has 190 valence electrons. The highest BCUT2D eigenvalue weighted by molar-refractivity contribution is 5.98. The largest absolute Gasteiger partial charge is 0.466 e. The number of H-pyrrole nitrogens is 2. The quantitative estimate of drug-likeness (QED) is 0.205. The normalized spacial score (nSPS) is 14.8. The number of nitrogens with zero attached hydrogens (tertiary/aromatic N) is 1. The number of hydrogen-bond donors (Lipinski definition) is 2. The number of aromatic nitrogens is 2. The van der Waals surface area contributed by atoms with Gasteiger partial charge in [-0.15, -0.1) is 0 Å². The van der Waals surface area contributed by atoms with E-state index in [1.807, 2.05) is 53.4 Å². The highest BCUT2D eigenvalue weighted by Crippen LogP contribution is 2.38. The summed E-state index contributed by atoms with van der Waals surface area (Å²) in [5.41, 5.74) is 7.21. The smallest absolute Gasteiger partial charge is 0.330 e. The van der Waals surface area contributed by atoms with Crippen molar-refractivity contribution in [3.05, 3.63) is 113 Å². The monoisotopic (exact) mass is 503 g/mol. The van der Waals surface area contributed by atoms with Crippen molar-refractivity contribution in [3.63, 3.8) is 0 Å². The second-order valence-electron chi connectivity index (χ2n) is 9.75. The number of esters is 1. The summed E-state index contributed by atoms with van der Waals surface area (Å²) in [6, 6.07) is 24.4. The molecule has 6 heteroatoms. The van der Waals surface area contributed by atoms with E-state index in [1.54, 1.807) is 6.08 Å². The molecule has 5 aromatic rings. The number of fused-ring (bicyclic) bond motifs is 3. The molecule has 1 unspecified atom stereocenters. The molecule has 0 radical (unpaired) electrons. The summed E-state index contributed by atoms with van der Waals surface area (Å²) < 4.78 is 4.71. The van der Waals surface area contributed by atoms with Gasteiger partial charge in [-0.25, -0.2) is 4.79 Å². The fourth-order valence-corrected chi connectivity index (χ4v) is 5.60. The molecule has 0 fully saturated rings. The molecular weight excluding hydrogens is 474 g/mol. The number of aryl methyl sites for hydroxylation is 1. The van der Waals surface area contributed by atoms with Crippen molar-refractivity contribution < 1.29 is 14.3 Å². The van der Waals surface area contributed by atoms with Crippen molar-refractivity contribution in [2.45, 2.75) is 25.3 Å². The average molecular weight is 504 g/mol. The van der Waals surface area contributed by atoms with Crippen LogP contribution in [0.5, 0.6) is 0 Å². The molecule has 0 aliphatic heterocycles. The Morgan fingerprint density at radius 2 is 1.84 bits per heavy atom. The Morgan fingerprint density at radius 1 is 1.03 bits per heavy atom. The van der Waals surface area contributed by atoms with Gasteiger partial charge in [0.15, 0.2) is 0 Å². The molecule has 1 atom stereocenters. The van der Waals surface area contributed by atoms with E-state index in [9.17, 15) is 9.59 Å². The van der Waals surface area contributed by atoms with Crippen molar-refractivity contribution >= 4 is 39.8 Å². The topological polar surface area (TPSA) is 78.2 Å². The van der Waals surface area contributed by atoms with Crippen LogP contribution in [0, 0.1) is 0 Å². The van der Waals surface area contributed by atoms with Crippen molar-refractivity contribution in [1.82, 2.24) is 14.9 Å². The number of carbonyl (C=O) groups is 2. The SMILES string of the molecule is COC(=O)C=Cc1ccc2c(c1)CCC2N(CCc1c[nH]c2ccccc12)C(=O)c1cc2ccccc2[nH]1. The van der Waals surface area contributed by atoms with E-state index in [0.717, 1.165) is 41.2 Å². The molecule has 1 amide bonds. The number of carbonyl (C=O) groups excluding carboxylic acids is 2. The third-order valence-corrected chi connectivity index (χ3v) is 7.52. The third-order valence-electron chi connectivity index (χ3n) is 7.52. The summed E-state index contributed by atoms with van der Waals surface area (Å²) in [5.74, 6) is -0.371. The maximum absolute atomic E-state index is 14.0. The first kappa shape index (κ1) is 23.8. The molecule has 0 saturated carbocycles. The Labute approximate surface area is 220 Å². The number of ether oxygens (including phenoxy) is 1. The number of amides is 1. The van der Waals surface area contributed by atoms with E-state index in [4.69, 9.17) is 4.74 Å². The van der Waals surface area contributed by atoms with Crippen LogP contribution in [-0.2, 0) is 22.4 Å². The minimum Gasteiger partial charge on any atom is -0.466 e. The highest BCUT2D eigenvalue weighted by atomic mass is 16.5. The molecule has 0 bridgehead atoms. The lowest BCUT2D eigenvalue weighted by Crippen LogP contribution is -2.36. The molecule has 2 aromatic heterocycles. The summed E-state index contributed by atoms with van der Waals surface area (Å²) in [4.78, 5) is 34.3. The number of benzene rings is 3. The van der Waals surface area contributed by atoms with Crippen molar-refractivity contribution in [1.29, 1.82) is 0 Å². The molecule has 2 heterocycles. The first-order valence-electron chi connectivity index (χ1n) is 12.9. The second kappa shape index (κ2) is 10.1. The summed E-state index contributed by atoms with van der Waals surface area (Å²) >= 11 is 0. The summed E-state index contributed by atoms with van der Waals surface area (Å²) in [5, 5.41) is 2.22. The molecule has 1 aliphatic carbocycles. The molecule has 38 heavy (non-hydrogen) atoms. The van der Waals surface area contributed by atoms with E-state index < -0.39 is 0 Å². The van der Waals surface area contributed by atoms with E-state index >= 15 is 0 Å². The van der Waals surface area contributed by atoms with Crippen LogP contribution in [-0.4, -0.2) is 40.4 Å². The zero-order valence-electron chi connectivity index (χ0n) is 21.2. The van der Waals surface area contributed by atoms with E-state index in [1.165, 1.54) is 35.3 Å². The lowest BCUT2D eigenvalue weighted by atomic mass is 10.0. The van der Waals surface area contributed by atoms with Crippen LogP contribution >= 0.6 is 0 Å². The Kier molecular flexibility index (Phi) is 6.30. The lowest BCUT2D eigenvalue weighted by molar-refractivity contribution is -0.134. The van der Waals surface area contributed by atoms with Gasteiger partial charge in [-0.3, -0.25) is 4.79 Å². The van der Waals surface area contributed by atoms with Crippen LogP contribution in [0.25, 0.3) is 27.9 Å². The standard InChI is InChI=1S/C32H29N3O3/c1-38-31(36)15-11-21-10-13-26-22(18-21)12-14-30(26)35(17-16-24-20-33-28-9-5-3-7-25(24)28)32(37)29-19-23-6-2-4-8-27(23)34-29/h2-11,13,15,18-20,30,33-34H,12,14,16-17H2,1H3. The van der Waals surface area contributed by atoms with Gasteiger partial charge in [0.1, 0.15) is 5.69 Å². The van der Waals surface area contributed by atoms with Crippen molar-refractivity contribution in [2.24, 2.45) is 0 Å². The molecule has 0 spiro atoms. The van der Waals surface area contributed by atoms with Crippen LogP contribution in [0.2, 0.25) is 0 Å². The molecule has 0 saturated heterocycles. The first-order chi connectivity index (χ1) is 18.6. The fourth-order valence-electron chi connectivity index (χ4n) is 5.60.